The summed E-state index contributed by atoms with van der Waals surface area (Å²) in [4.78, 5) is 29.4. The van der Waals surface area contributed by atoms with Crippen molar-refractivity contribution in [3.8, 4) is 5.75 Å². The Kier molecular flexibility index (Phi) is 4.84. The molecule has 0 amide bonds. The second-order valence-electron chi connectivity index (χ2n) is 6.20. The van der Waals surface area contributed by atoms with E-state index in [-0.39, 0.29) is 33.6 Å². The second-order valence-corrected chi connectivity index (χ2v) is 6.20. The van der Waals surface area contributed by atoms with Crippen LogP contribution in [-0.4, -0.2) is 21.0 Å². The van der Waals surface area contributed by atoms with Gasteiger partial charge in [-0.15, -0.1) is 0 Å². The topological polar surface area (TPSA) is 92.3 Å². The fourth-order valence-corrected chi connectivity index (χ4v) is 2.85. The van der Waals surface area contributed by atoms with Gasteiger partial charge >= 0.3 is 12.1 Å². The van der Waals surface area contributed by atoms with E-state index in [1.54, 1.807) is 0 Å². The number of benzene rings is 2. The number of carboxylic acids is 1. The summed E-state index contributed by atoms with van der Waals surface area (Å²) in [6, 6.07) is 7.23. The number of aromatic carboxylic acids is 1. The van der Waals surface area contributed by atoms with E-state index in [4.69, 9.17) is 9.84 Å². The lowest BCUT2D eigenvalue weighted by atomic mass is 9.99. The van der Waals surface area contributed by atoms with Gasteiger partial charge in [-0.1, -0.05) is 0 Å². The van der Waals surface area contributed by atoms with Crippen molar-refractivity contribution in [2.24, 2.45) is 0 Å². The molecule has 0 saturated heterocycles. The number of aromatic nitrogens is 2. The number of fused-ring (bicyclic) bond motifs is 1. The molecule has 3 rings (SSSR count). The van der Waals surface area contributed by atoms with Gasteiger partial charge in [0.1, 0.15) is 17.7 Å². The minimum absolute atomic E-state index is 0.0188. The molecule has 28 heavy (non-hydrogen) atoms. The van der Waals surface area contributed by atoms with Gasteiger partial charge in [-0.2, -0.15) is 13.2 Å². The van der Waals surface area contributed by atoms with Crippen LogP contribution in [-0.2, 0) is 6.18 Å². The summed E-state index contributed by atoms with van der Waals surface area (Å²) in [5, 5.41) is 8.92. The lowest BCUT2D eigenvalue weighted by Crippen LogP contribution is -2.17. The van der Waals surface area contributed by atoms with Gasteiger partial charge in [0.2, 0.25) is 0 Å². The molecule has 2 aromatic carbocycles. The molecule has 146 valence electrons. The summed E-state index contributed by atoms with van der Waals surface area (Å²) in [5.41, 5.74) is -1.76. The second kappa shape index (κ2) is 6.99. The van der Waals surface area contributed by atoms with Crippen molar-refractivity contribution < 1.29 is 27.8 Å². The monoisotopic (exact) mass is 392 g/mol. The van der Waals surface area contributed by atoms with Crippen LogP contribution < -0.4 is 10.3 Å². The standard InChI is InChI=1S/C19H15F3N2O4/c1-9(28-12-5-3-11(4-6-12)18(26)27)13-7-14-16(8-15(13)19(20,21)22)23-10(2)24-17(14)25/h3-9H,1-2H3,(H,26,27)(H,23,24,25)/t9-/m0/s1. The predicted octanol–water partition coefficient (Wildman–Crippen LogP) is 4.09. The molecule has 6 nitrogen and oxygen atoms in total. The van der Waals surface area contributed by atoms with E-state index in [1.165, 1.54) is 38.1 Å². The highest BCUT2D eigenvalue weighted by atomic mass is 19.4. The number of halogens is 3. The van der Waals surface area contributed by atoms with E-state index in [2.05, 4.69) is 9.97 Å². The number of hydrogen-bond donors (Lipinski definition) is 2. The van der Waals surface area contributed by atoms with Crippen molar-refractivity contribution >= 4 is 16.9 Å². The van der Waals surface area contributed by atoms with Gasteiger partial charge in [-0.25, -0.2) is 9.78 Å². The quantitative estimate of drug-likeness (QED) is 0.698. The van der Waals surface area contributed by atoms with Crippen LogP contribution in [0.3, 0.4) is 0 Å². The van der Waals surface area contributed by atoms with Crippen LogP contribution in [0, 0.1) is 6.92 Å². The molecule has 0 aliphatic carbocycles. The van der Waals surface area contributed by atoms with Gasteiger partial charge in [-0.3, -0.25) is 4.79 Å². The first-order valence-corrected chi connectivity index (χ1v) is 8.18. The van der Waals surface area contributed by atoms with Gasteiger partial charge in [-0.05, 0) is 50.2 Å². The van der Waals surface area contributed by atoms with E-state index in [9.17, 15) is 22.8 Å². The average molecular weight is 392 g/mol. The smallest absolute Gasteiger partial charge is 0.416 e. The van der Waals surface area contributed by atoms with E-state index >= 15 is 0 Å². The van der Waals surface area contributed by atoms with Gasteiger partial charge in [0.15, 0.2) is 0 Å². The first-order valence-electron chi connectivity index (χ1n) is 8.18. The number of carbonyl (C=O) groups is 1. The summed E-state index contributed by atoms with van der Waals surface area (Å²) in [6.07, 6.45) is -5.73. The number of carboxylic acid groups (broad SMARTS) is 1. The third-order valence-corrected chi connectivity index (χ3v) is 4.15. The van der Waals surface area contributed by atoms with Crippen molar-refractivity contribution in [1.82, 2.24) is 9.97 Å². The number of aromatic amines is 1. The first kappa shape index (κ1) is 19.4. The maximum atomic E-state index is 13.6. The van der Waals surface area contributed by atoms with Crippen LogP contribution in [0.2, 0.25) is 0 Å². The summed E-state index contributed by atoms with van der Waals surface area (Å²) in [7, 11) is 0. The number of ether oxygens (including phenoxy) is 1. The van der Waals surface area contributed by atoms with E-state index in [0.717, 1.165) is 12.1 Å². The van der Waals surface area contributed by atoms with Crippen LogP contribution in [0.5, 0.6) is 5.75 Å². The van der Waals surface area contributed by atoms with Gasteiger partial charge < -0.3 is 14.8 Å². The zero-order valence-electron chi connectivity index (χ0n) is 14.8. The molecule has 0 radical (unpaired) electrons. The Hall–Kier alpha value is -3.36. The molecular weight excluding hydrogens is 377 g/mol. The van der Waals surface area contributed by atoms with Crippen molar-refractivity contribution in [3.63, 3.8) is 0 Å². The zero-order chi connectivity index (χ0) is 20.6. The minimum atomic E-state index is -4.67. The van der Waals surface area contributed by atoms with Gasteiger partial charge in [0.05, 0.1) is 22.0 Å². The number of aryl methyl sites for hydroxylation is 1. The molecule has 9 heteroatoms. The highest BCUT2D eigenvalue weighted by Gasteiger charge is 2.36. The number of H-pyrrole nitrogens is 1. The van der Waals surface area contributed by atoms with E-state index in [1.807, 2.05) is 0 Å². The van der Waals surface area contributed by atoms with Crippen molar-refractivity contribution in [2.45, 2.75) is 26.1 Å². The molecular formula is C19H15F3N2O4. The Balaban J connectivity index is 2.06. The normalized spacial score (nSPS) is 12.8. The summed E-state index contributed by atoms with van der Waals surface area (Å²) < 4.78 is 46.3. The van der Waals surface area contributed by atoms with Gasteiger partial charge in [0.25, 0.3) is 5.56 Å². The number of alkyl halides is 3. The third-order valence-electron chi connectivity index (χ3n) is 4.15. The fraction of sp³-hybridized carbons (Fsp3) is 0.211. The summed E-state index contributed by atoms with van der Waals surface area (Å²) in [6.45, 7) is 2.89. The molecule has 1 aromatic heterocycles. The number of nitrogens with one attached hydrogen (secondary N) is 1. The number of rotatable bonds is 4. The largest absolute Gasteiger partial charge is 0.486 e. The molecule has 0 spiro atoms. The molecule has 1 heterocycles. The molecule has 0 unspecified atom stereocenters. The molecule has 0 aliphatic rings. The summed E-state index contributed by atoms with van der Waals surface area (Å²) in [5.74, 6) is -0.724. The lowest BCUT2D eigenvalue weighted by Gasteiger charge is -2.20. The molecule has 0 saturated carbocycles. The van der Waals surface area contributed by atoms with Crippen LogP contribution in [0.4, 0.5) is 13.2 Å². The van der Waals surface area contributed by atoms with Crippen molar-refractivity contribution in [1.29, 1.82) is 0 Å². The molecule has 1 atom stereocenters. The maximum Gasteiger partial charge on any atom is 0.416 e. The highest BCUT2D eigenvalue weighted by Crippen LogP contribution is 2.37. The SMILES string of the molecule is Cc1nc2cc(C(F)(F)F)c([C@H](C)Oc3ccc(C(=O)O)cc3)cc2c(=O)[nH]1. The third kappa shape index (κ3) is 3.83. The molecule has 0 fully saturated rings. The maximum absolute atomic E-state index is 13.6. The highest BCUT2D eigenvalue weighted by molar-refractivity contribution is 5.87. The Morgan fingerprint density at radius 2 is 1.86 bits per heavy atom. The fourth-order valence-electron chi connectivity index (χ4n) is 2.85. The molecule has 2 N–H and O–H groups in total. The van der Waals surface area contributed by atoms with Crippen LogP contribution >= 0.6 is 0 Å². The van der Waals surface area contributed by atoms with Crippen LogP contribution in [0.15, 0.2) is 41.2 Å². The number of hydrogen-bond acceptors (Lipinski definition) is 4. The van der Waals surface area contributed by atoms with Crippen LogP contribution in [0.25, 0.3) is 10.9 Å². The lowest BCUT2D eigenvalue weighted by molar-refractivity contribution is -0.138. The van der Waals surface area contributed by atoms with Gasteiger partial charge in [0, 0.05) is 5.56 Å². The first-order chi connectivity index (χ1) is 13.1. The molecule has 0 bridgehead atoms. The molecule has 0 aliphatic heterocycles. The number of nitrogens with zero attached hydrogens (tertiary/aromatic N) is 1. The Labute approximate surface area is 156 Å². The Morgan fingerprint density at radius 1 is 1.21 bits per heavy atom. The van der Waals surface area contributed by atoms with Crippen LogP contribution in [0.1, 0.15) is 40.3 Å². The van der Waals surface area contributed by atoms with Crippen molar-refractivity contribution in [2.75, 3.05) is 0 Å². The average Bonchev–Trinajstić information content (AvgIpc) is 2.60. The molecule has 3 aromatic rings. The van der Waals surface area contributed by atoms with Crippen molar-refractivity contribution in [3.05, 3.63) is 69.3 Å². The van der Waals surface area contributed by atoms with E-state index < -0.39 is 29.4 Å². The Bertz CT molecular complexity index is 1110. The van der Waals surface area contributed by atoms with E-state index in [0.29, 0.717) is 0 Å². The predicted molar refractivity (Wildman–Crippen MR) is 94.5 cm³/mol. The minimum Gasteiger partial charge on any atom is -0.486 e. The Morgan fingerprint density at radius 3 is 2.43 bits per heavy atom. The zero-order valence-corrected chi connectivity index (χ0v) is 14.8. The summed E-state index contributed by atoms with van der Waals surface area (Å²) >= 11 is 0.